The molecular formula is C22H30IN3O3S. The minimum atomic E-state index is 0. The van der Waals surface area contributed by atoms with Crippen LogP contribution in [0.4, 0.5) is 0 Å². The fourth-order valence-corrected chi connectivity index (χ4v) is 4.73. The highest BCUT2D eigenvalue weighted by atomic mass is 127. The number of benzene rings is 1. The number of nitrogens with zero attached hydrogens (tertiary/aromatic N) is 2. The molecule has 2 saturated heterocycles. The summed E-state index contributed by atoms with van der Waals surface area (Å²) in [5.41, 5.74) is 2.43. The van der Waals surface area contributed by atoms with Crippen molar-refractivity contribution in [3.63, 3.8) is 0 Å². The van der Waals surface area contributed by atoms with Gasteiger partial charge in [-0.2, -0.15) is 0 Å². The van der Waals surface area contributed by atoms with Crippen LogP contribution in [-0.4, -0.2) is 63.5 Å². The van der Waals surface area contributed by atoms with Crippen LogP contribution in [0.3, 0.4) is 0 Å². The van der Waals surface area contributed by atoms with Crippen LogP contribution in [0.15, 0.2) is 40.7 Å². The minimum absolute atomic E-state index is 0. The lowest BCUT2D eigenvalue weighted by Gasteiger charge is -2.37. The average Bonchev–Trinajstić information content (AvgIpc) is 3.47. The van der Waals surface area contributed by atoms with Gasteiger partial charge in [0, 0.05) is 31.6 Å². The van der Waals surface area contributed by atoms with E-state index in [2.05, 4.69) is 38.8 Å². The minimum Gasteiger partial charge on any atom is -0.497 e. The molecule has 0 amide bonds. The van der Waals surface area contributed by atoms with Gasteiger partial charge in [-0.1, -0.05) is 12.1 Å². The molecule has 8 heteroatoms. The second-order valence-electron chi connectivity index (χ2n) is 7.34. The first kappa shape index (κ1) is 23.3. The molecule has 3 heterocycles. The second-order valence-corrected chi connectivity index (χ2v) is 8.33. The highest BCUT2D eigenvalue weighted by Gasteiger charge is 2.32. The van der Waals surface area contributed by atoms with Gasteiger partial charge in [0.2, 0.25) is 0 Å². The first-order valence-electron chi connectivity index (χ1n) is 10.2. The smallest absolute Gasteiger partial charge is 0.194 e. The van der Waals surface area contributed by atoms with Crippen LogP contribution in [0.25, 0.3) is 11.1 Å². The Morgan fingerprint density at radius 3 is 2.70 bits per heavy atom. The van der Waals surface area contributed by atoms with E-state index in [1.165, 1.54) is 16.0 Å². The Kier molecular flexibility index (Phi) is 8.79. The normalized spacial score (nSPS) is 21.9. The van der Waals surface area contributed by atoms with Gasteiger partial charge < -0.3 is 24.4 Å². The van der Waals surface area contributed by atoms with Gasteiger partial charge in [0.1, 0.15) is 11.9 Å². The molecule has 2 aliphatic heterocycles. The van der Waals surface area contributed by atoms with Gasteiger partial charge in [-0.05, 0) is 47.5 Å². The number of nitrogens with one attached hydrogen (secondary N) is 1. The molecule has 4 rings (SSSR count). The number of methoxy groups -OCH3 is 1. The molecule has 0 aliphatic carbocycles. The Balaban J connectivity index is 0.00000256. The molecule has 0 spiro atoms. The van der Waals surface area contributed by atoms with Crippen molar-refractivity contribution in [3.05, 3.63) is 40.6 Å². The van der Waals surface area contributed by atoms with E-state index < -0.39 is 0 Å². The van der Waals surface area contributed by atoms with E-state index in [4.69, 9.17) is 14.2 Å². The maximum Gasteiger partial charge on any atom is 0.194 e. The molecule has 1 N–H and O–H groups in total. The zero-order valence-corrected chi connectivity index (χ0v) is 20.7. The molecule has 2 fully saturated rings. The molecule has 2 aliphatic rings. The Hall–Kier alpha value is -1.36. The highest BCUT2D eigenvalue weighted by Crippen LogP contribution is 2.27. The predicted molar refractivity (Wildman–Crippen MR) is 132 cm³/mol. The molecule has 0 radical (unpaired) electrons. The standard InChI is InChI=1S/C22H29N3O3S.HI/c1-23-22(25-9-11-28-21(14-25)20-4-3-10-27-20)24-13-19-12-17(15-29-19)16-5-7-18(26-2)8-6-16;/h5-8,12,15,20-21H,3-4,9-11,13-14H2,1-2H3,(H,23,24);1H. The first-order valence-corrected chi connectivity index (χ1v) is 11.1. The maximum atomic E-state index is 5.96. The molecule has 1 aromatic carbocycles. The van der Waals surface area contributed by atoms with Gasteiger partial charge in [-0.25, -0.2) is 0 Å². The first-order chi connectivity index (χ1) is 14.3. The number of hydrogen-bond acceptors (Lipinski definition) is 5. The van der Waals surface area contributed by atoms with Crippen molar-refractivity contribution >= 4 is 41.3 Å². The van der Waals surface area contributed by atoms with Crippen molar-refractivity contribution in [2.24, 2.45) is 4.99 Å². The van der Waals surface area contributed by atoms with Gasteiger partial charge in [0.25, 0.3) is 0 Å². The number of ether oxygens (including phenoxy) is 3. The largest absolute Gasteiger partial charge is 0.497 e. The van der Waals surface area contributed by atoms with Crippen LogP contribution in [0.2, 0.25) is 0 Å². The van der Waals surface area contributed by atoms with Crippen LogP contribution in [0.1, 0.15) is 17.7 Å². The number of thiophene rings is 1. The number of aliphatic imine (C=N–C) groups is 1. The van der Waals surface area contributed by atoms with Crippen LogP contribution >= 0.6 is 35.3 Å². The monoisotopic (exact) mass is 543 g/mol. The third-order valence-electron chi connectivity index (χ3n) is 5.48. The highest BCUT2D eigenvalue weighted by molar-refractivity contribution is 14.0. The van der Waals surface area contributed by atoms with Crippen molar-refractivity contribution < 1.29 is 14.2 Å². The van der Waals surface area contributed by atoms with E-state index in [9.17, 15) is 0 Å². The molecule has 1 aromatic heterocycles. The Morgan fingerprint density at radius 2 is 2.00 bits per heavy atom. The topological polar surface area (TPSA) is 55.3 Å². The van der Waals surface area contributed by atoms with E-state index in [0.29, 0.717) is 6.61 Å². The number of hydrogen-bond donors (Lipinski definition) is 1. The molecular weight excluding hydrogens is 513 g/mol. The average molecular weight is 543 g/mol. The second kappa shape index (κ2) is 11.3. The molecule has 2 aromatic rings. The summed E-state index contributed by atoms with van der Waals surface area (Å²) in [7, 11) is 3.53. The summed E-state index contributed by atoms with van der Waals surface area (Å²) < 4.78 is 17.0. The lowest BCUT2D eigenvalue weighted by Crippen LogP contribution is -2.53. The summed E-state index contributed by atoms with van der Waals surface area (Å²) in [6, 6.07) is 10.4. The van der Waals surface area contributed by atoms with Gasteiger partial charge in [-0.3, -0.25) is 4.99 Å². The molecule has 0 saturated carbocycles. The van der Waals surface area contributed by atoms with Gasteiger partial charge in [0.05, 0.1) is 26.4 Å². The van der Waals surface area contributed by atoms with Crippen molar-refractivity contribution in [3.8, 4) is 16.9 Å². The van der Waals surface area contributed by atoms with Crippen molar-refractivity contribution in [2.45, 2.75) is 31.6 Å². The number of halogens is 1. The number of guanidine groups is 1. The summed E-state index contributed by atoms with van der Waals surface area (Å²) in [4.78, 5) is 8.06. The fraction of sp³-hybridized carbons (Fsp3) is 0.500. The van der Waals surface area contributed by atoms with Crippen molar-refractivity contribution in [1.29, 1.82) is 0 Å². The van der Waals surface area contributed by atoms with Crippen molar-refractivity contribution in [1.82, 2.24) is 10.2 Å². The molecule has 2 atom stereocenters. The van der Waals surface area contributed by atoms with E-state index in [1.54, 1.807) is 18.4 Å². The van der Waals surface area contributed by atoms with Gasteiger partial charge in [0.15, 0.2) is 5.96 Å². The summed E-state index contributed by atoms with van der Waals surface area (Å²) in [5, 5.41) is 5.72. The number of rotatable bonds is 5. The van der Waals surface area contributed by atoms with E-state index in [-0.39, 0.29) is 36.2 Å². The Morgan fingerprint density at radius 1 is 1.20 bits per heavy atom. The van der Waals surface area contributed by atoms with E-state index >= 15 is 0 Å². The fourth-order valence-electron chi connectivity index (χ4n) is 3.90. The third kappa shape index (κ3) is 5.66. The van der Waals surface area contributed by atoms with Crippen LogP contribution < -0.4 is 10.1 Å². The molecule has 6 nitrogen and oxygen atoms in total. The van der Waals surface area contributed by atoms with Crippen molar-refractivity contribution in [2.75, 3.05) is 40.5 Å². The third-order valence-corrected chi connectivity index (χ3v) is 6.42. The van der Waals surface area contributed by atoms with Crippen LogP contribution in [-0.2, 0) is 16.0 Å². The summed E-state index contributed by atoms with van der Waals surface area (Å²) >= 11 is 1.76. The molecule has 0 bridgehead atoms. The zero-order chi connectivity index (χ0) is 20.1. The Bertz CT molecular complexity index is 821. The van der Waals surface area contributed by atoms with Crippen LogP contribution in [0.5, 0.6) is 5.75 Å². The maximum absolute atomic E-state index is 5.96. The van der Waals surface area contributed by atoms with Gasteiger partial charge >= 0.3 is 0 Å². The number of morpholine rings is 1. The van der Waals surface area contributed by atoms with E-state index in [0.717, 1.165) is 50.8 Å². The summed E-state index contributed by atoms with van der Waals surface area (Å²) in [5.74, 6) is 1.80. The van der Waals surface area contributed by atoms with E-state index in [1.807, 2.05) is 19.2 Å². The summed E-state index contributed by atoms with van der Waals surface area (Å²) in [6.07, 6.45) is 2.58. The summed E-state index contributed by atoms with van der Waals surface area (Å²) in [6.45, 7) is 4.00. The molecule has 30 heavy (non-hydrogen) atoms. The Labute approximate surface area is 199 Å². The van der Waals surface area contributed by atoms with Gasteiger partial charge in [-0.15, -0.1) is 35.3 Å². The molecule has 164 valence electrons. The lowest BCUT2D eigenvalue weighted by atomic mass is 10.1. The zero-order valence-electron chi connectivity index (χ0n) is 17.5. The SMILES string of the molecule is CN=C(NCc1cc(-c2ccc(OC)cc2)cs1)N1CCOC(C2CCCO2)C1.I. The van der Waals surface area contributed by atoms with Crippen LogP contribution in [0, 0.1) is 0 Å². The molecule has 2 unspecified atom stereocenters. The quantitative estimate of drug-likeness (QED) is 0.351. The lowest BCUT2D eigenvalue weighted by molar-refractivity contribution is -0.0817. The predicted octanol–water partition coefficient (Wildman–Crippen LogP) is 4.00.